The van der Waals surface area contributed by atoms with Gasteiger partial charge in [0.25, 0.3) is 6.43 Å². The molecule has 0 aliphatic rings. The summed E-state index contributed by atoms with van der Waals surface area (Å²) < 4.78 is 26.1. The SMILES string of the molecule is FC(F)c1cccc2cc(Nc3[nH]nc4nccnc34)ccc12. The van der Waals surface area contributed by atoms with Crippen molar-refractivity contribution in [3.63, 3.8) is 0 Å². The molecule has 0 unspecified atom stereocenters. The summed E-state index contributed by atoms with van der Waals surface area (Å²) in [5.41, 5.74) is 1.91. The van der Waals surface area contributed by atoms with E-state index in [1.54, 1.807) is 36.7 Å². The topological polar surface area (TPSA) is 66.5 Å². The van der Waals surface area contributed by atoms with Crippen LogP contribution in [0, 0.1) is 0 Å². The third-order valence-electron chi connectivity index (χ3n) is 3.61. The van der Waals surface area contributed by atoms with Crippen molar-refractivity contribution < 1.29 is 8.78 Å². The van der Waals surface area contributed by atoms with Gasteiger partial charge in [0.05, 0.1) is 0 Å². The number of hydrogen-bond donors (Lipinski definition) is 2. The molecule has 0 saturated carbocycles. The average molecular weight is 311 g/mol. The highest BCUT2D eigenvalue weighted by molar-refractivity contribution is 5.91. The molecule has 0 bridgehead atoms. The van der Waals surface area contributed by atoms with E-state index in [0.717, 1.165) is 11.1 Å². The molecule has 2 aromatic heterocycles. The zero-order chi connectivity index (χ0) is 15.8. The first kappa shape index (κ1) is 13.6. The number of alkyl halides is 2. The molecule has 7 heteroatoms. The van der Waals surface area contributed by atoms with Crippen LogP contribution in [0.25, 0.3) is 21.9 Å². The predicted molar refractivity (Wildman–Crippen MR) is 83.9 cm³/mol. The lowest BCUT2D eigenvalue weighted by molar-refractivity contribution is 0.153. The number of nitrogens with zero attached hydrogens (tertiary/aromatic N) is 3. The van der Waals surface area contributed by atoms with Crippen molar-refractivity contribution in [2.24, 2.45) is 0 Å². The summed E-state index contributed by atoms with van der Waals surface area (Å²) in [5.74, 6) is 0.609. The van der Waals surface area contributed by atoms with Gasteiger partial charge in [-0.25, -0.2) is 18.7 Å². The summed E-state index contributed by atoms with van der Waals surface area (Å²) in [7, 11) is 0. The summed E-state index contributed by atoms with van der Waals surface area (Å²) in [6, 6.07) is 10.1. The van der Waals surface area contributed by atoms with Gasteiger partial charge < -0.3 is 5.32 Å². The summed E-state index contributed by atoms with van der Waals surface area (Å²) in [6.07, 6.45) is 0.650. The minimum Gasteiger partial charge on any atom is -0.339 e. The van der Waals surface area contributed by atoms with Gasteiger partial charge in [-0.2, -0.15) is 5.10 Å². The fraction of sp³-hybridized carbons (Fsp3) is 0.0625. The van der Waals surface area contributed by atoms with E-state index in [0.29, 0.717) is 22.4 Å². The predicted octanol–water partition coefficient (Wildman–Crippen LogP) is 4.19. The second kappa shape index (κ2) is 5.28. The molecule has 0 atom stereocenters. The molecule has 0 aliphatic heterocycles. The molecule has 23 heavy (non-hydrogen) atoms. The Balaban J connectivity index is 1.75. The average Bonchev–Trinajstić information content (AvgIpc) is 2.97. The first-order chi connectivity index (χ1) is 11.2. The standard InChI is InChI=1S/C16H11F2N5/c17-14(18)12-3-1-2-9-8-10(4-5-11(9)12)21-16-13-15(22-23-16)20-7-6-19-13/h1-8,14H,(H2,20,21,22,23). The van der Waals surface area contributed by atoms with Crippen molar-refractivity contribution in [1.82, 2.24) is 20.2 Å². The van der Waals surface area contributed by atoms with E-state index in [9.17, 15) is 8.78 Å². The fourth-order valence-corrected chi connectivity index (χ4v) is 2.56. The molecule has 0 radical (unpaired) electrons. The number of H-pyrrole nitrogens is 1. The van der Waals surface area contributed by atoms with Crippen LogP contribution < -0.4 is 5.32 Å². The van der Waals surface area contributed by atoms with Crippen LogP contribution in [-0.2, 0) is 0 Å². The number of hydrogen-bond acceptors (Lipinski definition) is 4. The van der Waals surface area contributed by atoms with Crippen LogP contribution in [-0.4, -0.2) is 20.2 Å². The maximum atomic E-state index is 13.0. The lowest BCUT2D eigenvalue weighted by Gasteiger charge is -2.09. The van der Waals surface area contributed by atoms with E-state index < -0.39 is 6.43 Å². The van der Waals surface area contributed by atoms with Crippen molar-refractivity contribution in [3.05, 3.63) is 54.4 Å². The first-order valence-electron chi connectivity index (χ1n) is 6.95. The quantitative estimate of drug-likeness (QED) is 0.595. The summed E-state index contributed by atoms with van der Waals surface area (Å²) in [6.45, 7) is 0. The van der Waals surface area contributed by atoms with Crippen LogP contribution in [0.3, 0.4) is 0 Å². The third-order valence-corrected chi connectivity index (χ3v) is 3.61. The molecular formula is C16H11F2N5. The Morgan fingerprint density at radius 2 is 1.91 bits per heavy atom. The smallest absolute Gasteiger partial charge is 0.264 e. The normalized spacial score (nSPS) is 11.4. The molecule has 0 amide bonds. The molecule has 0 spiro atoms. The van der Waals surface area contributed by atoms with Gasteiger partial charge in [-0.05, 0) is 22.9 Å². The fourth-order valence-electron chi connectivity index (χ4n) is 2.56. The number of nitrogens with one attached hydrogen (secondary N) is 2. The largest absolute Gasteiger partial charge is 0.339 e. The van der Waals surface area contributed by atoms with E-state index in [2.05, 4.69) is 25.5 Å². The van der Waals surface area contributed by atoms with Crippen LogP contribution in [0.5, 0.6) is 0 Å². The van der Waals surface area contributed by atoms with Gasteiger partial charge in [0.1, 0.15) is 0 Å². The highest BCUT2D eigenvalue weighted by Gasteiger charge is 2.12. The molecule has 0 saturated heterocycles. The Morgan fingerprint density at radius 1 is 1.04 bits per heavy atom. The van der Waals surface area contributed by atoms with Gasteiger partial charge >= 0.3 is 0 Å². The highest BCUT2D eigenvalue weighted by atomic mass is 19.3. The number of benzene rings is 2. The van der Waals surface area contributed by atoms with Crippen molar-refractivity contribution in [1.29, 1.82) is 0 Å². The number of halogens is 2. The van der Waals surface area contributed by atoms with Gasteiger partial charge in [-0.1, -0.05) is 24.3 Å². The first-order valence-corrected chi connectivity index (χ1v) is 6.95. The van der Waals surface area contributed by atoms with Crippen LogP contribution >= 0.6 is 0 Å². The maximum Gasteiger partial charge on any atom is 0.264 e. The molecule has 0 aliphatic carbocycles. The Morgan fingerprint density at radius 3 is 2.78 bits per heavy atom. The molecule has 4 rings (SSSR count). The zero-order valence-corrected chi connectivity index (χ0v) is 11.8. The van der Waals surface area contributed by atoms with Crippen LogP contribution in [0.2, 0.25) is 0 Å². The minimum atomic E-state index is -2.50. The molecule has 2 N–H and O–H groups in total. The molecule has 2 aromatic carbocycles. The van der Waals surface area contributed by atoms with Crippen molar-refractivity contribution >= 4 is 33.4 Å². The van der Waals surface area contributed by atoms with Crippen LogP contribution in [0.4, 0.5) is 20.3 Å². The third kappa shape index (κ3) is 2.36. The van der Waals surface area contributed by atoms with E-state index >= 15 is 0 Å². The van der Waals surface area contributed by atoms with Crippen molar-refractivity contribution in [3.8, 4) is 0 Å². The van der Waals surface area contributed by atoms with E-state index in [1.165, 1.54) is 6.07 Å². The van der Waals surface area contributed by atoms with Gasteiger partial charge in [-0.3, -0.25) is 5.10 Å². The molecule has 114 valence electrons. The zero-order valence-electron chi connectivity index (χ0n) is 11.8. The summed E-state index contributed by atoms with van der Waals surface area (Å²) in [4.78, 5) is 8.32. The summed E-state index contributed by atoms with van der Waals surface area (Å²) >= 11 is 0. The number of aromatic amines is 1. The Bertz CT molecular complexity index is 996. The summed E-state index contributed by atoms with van der Waals surface area (Å²) in [5, 5.41) is 11.3. The van der Waals surface area contributed by atoms with Crippen LogP contribution in [0.15, 0.2) is 48.8 Å². The number of anilines is 2. The van der Waals surface area contributed by atoms with Gasteiger partial charge in [0, 0.05) is 23.6 Å². The second-order valence-corrected chi connectivity index (χ2v) is 5.04. The van der Waals surface area contributed by atoms with E-state index in [-0.39, 0.29) is 5.56 Å². The number of aromatic nitrogens is 4. The molecular weight excluding hydrogens is 300 g/mol. The van der Waals surface area contributed by atoms with Gasteiger partial charge in [-0.15, -0.1) is 0 Å². The highest BCUT2D eigenvalue weighted by Crippen LogP contribution is 2.30. The van der Waals surface area contributed by atoms with Gasteiger partial charge in [0.2, 0.25) is 5.65 Å². The Kier molecular flexibility index (Phi) is 3.11. The number of fused-ring (bicyclic) bond motifs is 2. The van der Waals surface area contributed by atoms with Crippen LogP contribution in [0.1, 0.15) is 12.0 Å². The lowest BCUT2D eigenvalue weighted by Crippen LogP contribution is -1.93. The maximum absolute atomic E-state index is 13.0. The monoisotopic (exact) mass is 311 g/mol. The van der Waals surface area contributed by atoms with Crippen molar-refractivity contribution in [2.75, 3.05) is 5.32 Å². The molecule has 0 fully saturated rings. The minimum absolute atomic E-state index is 0.0342. The Hall–Kier alpha value is -3.09. The molecule has 5 nitrogen and oxygen atoms in total. The van der Waals surface area contributed by atoms with Crippen molar-refractivity contribution in [2.45, 2.75) is 6.43 Å². The second-order valence-electron chi connectivity index (χ2n) is 5.04. The Labute approximate surface area is 129 Å². The van der Waals surface area contributed by atoms with E-state index in [4.69, 9.17) is 0 Å². The van der Waals surface area contributed by atoms with E-state index in [1.807, 2.05) is 6.07 Å². The molecule has 2 heterocycles. The molecule has 4 aromatic rings. The van der Waals surface area contributed by atoms with Gasteiger partial charge in [0.15, 0.2) is 11.3 Å². The lowest BCUT2D eigenvalue weighted by atomic mass is 10.0. The number of rotatable bonds is 3.